The van der Waals surface area contributed by atoms with Gasteiger partial charge in [-0.1, -0.05) is 54.2 Å². The summed E-state index contributed by atoms with van der Waals surface area (Å²) in [5.41, 5.74) is 2.73. The Morgan fingerprint density at radius 2 is 1.62 bits per heavy atom. The maximum absolute atomic E-state index is 13.1. The average molecular weight is 474 g/mol. The van der Waals surface area contributed by atoms with E-state index < -0.39 is 0 Å². The number of benzene rings is 3. The minimum absolute atomic E-state index is 0.0316. The van der Waals surface area contributed by atoms with Crippen molar-refractivity contribution in [3.8, 4) is 22.9 Å². The molecule has 0 spiro atoms. The Bertz CT molecular complexity index is 1240. The van der Waals surface area contributed by atoms with Crippen LogP contribution in [0.3, 0.4) is 0 Å². The van der Waals surface area contributed by atoms with Crippen molar-refractivity contribution < 1.29 is 14.3 Å². The summed E-state index contributed by atoms with van der Waals surface area (Å²) >= 11 is 1.41. The fourth-order valence-corrected chi connectivity index (χ4v) is 4.65. The second-order valence-corrected chi connectivity index (χ2v) is 9.05. The van der Waals surface area contributed by atoms with Crippen molar-refractivity contribution in [2.45, 2.75) is 30.3 Å². The molecule has 3 aromatic carbocycles. The summed E-state index contributed by atoms with van der Waals surface area (Å²) in [5, 5.41) is 9.34. The Morgan fingerprint density at radius 1 is 0.912 bits per heavy atom. The fraction of sp³-hybridized carbons (Fsp3) is 0.222. The van der Waals surface area contributed by atoms with E-state index in [1.807, 2.05) is 49.4 Å². The van der Waals surface area contributed by atoms with Crippen LogP contribution >= 0.6 is 11.8 Å². The average Bonchev–Trinajstić information content (AvgIpc) is 3.29. The van der Waals surface area contributed by atoms with Crippen LogP contribution in [0.1, 0.15) is 22.8 Å². The van der Waals surface area contributed by atoms with Crippen molar-refractivity contribution >= 4 is 17.5 Å². The molecule has 0 bridgehead atoms. The van der Waals surface area contributed by atoms with Gasteiger partial charge in [-0.05, 0) is 55.3 Å². The van der Waals surface area contributed by atoms with Crippen molar-refractivity contribution in [1.29, 1.82) is 0 Å². The van der Waals surface area contributed by atoms with Crippen molar-refractivity contribution in [1.82, 2.24) is 14.8 Å². The number of para-hydroxylation sites is 1. The number of carbonyl (C=O) groups excluding carboxylic acids is 1. The van der Waals surface area contributed by atoms with Crippen molar-refractivity contribution in [2.75, 3.05) is 14.2 Å². The third-order valence-electron chi connectivity index (χ3n) is 5.56. The molecule has 0 aliphatic carbocycles. The molecule has 1 aromatic heterocycles. The molecule has 1 unspecified atom stereocenters. The standard InChI is InChI=1S/C27H27N3O3S/c1-19(25(31)21-13-15-22(32-2)16-14-21)34-27-29-28-26(23-11-7-8-12-24(23)33-3)30(27)18-17-20-9-5-4-6-10-20/h4-16,19H,17-18H2,1-3H3. The molecule has 0 aliphatic heterocycles. The lowest BCUT2D eigenvalue weighted by molar-refractivity contribution is 0.0994. The van der Waals surface area contributed by atoms with E-state index >= 15 is 0 Å². The van der Waals surface area contributed by atoms with Crippen molar-refractivity contribution in [3.05, 3.63) is 90.0 Å². The minimum Gasteiger partial charge on any atom is -0.497 e. The number of methoxy groups -OCH3 is 2. The number of carbonyl (C=O) groups is 1. The van der Waals surface area contributed by atoms with Gasteiger partial charge >= 0.3 is 0 Å². The van der Waals surface area contributed by atoms with E-state index in [0.717, 1.165) is 29.3 Å². The molecule has 0 radical (unpaired) electrons. The van der Waals surface area contributed by atoms with Crippen LogP contribution in [0.15, 0.2) is 84.0 Å². The highest BCUT2D eigenvalue weighted by Gasteiger charge is 2.23. The van der Waals surface area contributed by atoms with E-state index in [2.05, 4.69) is 26.9 Å². The molecule has 0 amide bonds. The maximum atomic E-state index is 13.1. The third-order valence-corrected chi connectivity index (χ3v) is 6.64. The van der Waals surface area contributed by atoms with Gasteiger partial charge in [0.2, 0.25) is 0 Å². The zero-order valence-electron chi connectivity index (χ0n) is 19.5. The number of ketones is 1. The van der Waals surface area contributed by atoms with Gasteiger partial charge in [-0.2, -0.15) is 0 Å². The van der Waals surface area contributed by atoms with Gasteiger partial charge in [0.1, 0.15) is 11.5 Å². The van der Waals surface area contributed by atoms with Crippen LogP contribution in [-0.4, -0.2) is 40.0 Å². The van der Waals surface area contributed by atoms with Crippen LogP contribution in [0.2, 0.25) is 0 Å². The highest BCUT2D eigenvalue weighted by molar-refractivity contribution is 8.00. The Kier molecular flexibility index (Phi) is 7.65. The van der Waals surface area contributed by atoms with Crippen molar-refractivity contribution in [2.24, 2.45) is 0 Å². The number of ether oxygens (including phenoxy) is 2. The molecule has 7 heteroatoms. The van der Waals surface area contributed by atoms with Crippen LogP contribution in [0.5, 0.6) is 11.5 Å². The second kappa shape index (κ2) is 11.0. The van der Waals surface area contributed by atoms with Crippen molar-refractivity contribution in [3.63, 3.8) is 0 Å². The SMILES string of the molecule is COc1ccc(C(=O)C(C)Sc2nnc(-c3ccccc3OC)n2CCc2ccccc2)cc1. The van der Waals surface area contributed by atoms with Crippen LogP contribution in [0.25, 0.3) is 11.4 Å². The van der Waals surface area contributed by atoms with Crippen LogP contribution in [0, 0.1) is 0 Å². The van der Waals surface area contributed by atoms with Gasteiger partial charge in [0, 0.05) is 12.1 Å². The Labute approximate surface area is 203 Å². The summed E-state index contributed by atoms with van der Waals surface area (Å²) in [5.74, 6) is 2.21. The first-order valence-electron chi connectivity index (χ1n) is 11.1. The van der Waals surface area contributed by atoms with Gasteiger partial charge in [0.15, 0.2) is 16.8 Å². The lowest BCUT2D eigenvalue weighted by atomic mass is 10.1. The fourth-order valence-electron chi connectivity index (χ4n) is 3.69. The number of aromatic nitrogens is 3. The highest BCUT2D eigenvalue weighted by atomic mass is 32.2. The van der Waals surface area contributed by atoms with Gasteiger partial charge in [0.25, 0.3) is 0 Å². The van der Waals surface area contributed by atoms with Gasteiger partial charge < -0.3 is 14.0 Å². The third kappa shape index (κ3) is 5.31. The normalized spacial score (nSPS) is 11.7. The van der Waals surface area contributed by atoms with E-state index in [9.17, 15) is 4.79 Å². The number of Topliss-reactive ketones (excluding diaryl/α,β-unsaturated/α-hetero) is 1. The molecule has 0 fully saturated rings. The number of nitrogens with zero attached hydrogens (tertiary/aromatic N) is 3. The Hall–Kier alpha value is -3.58. The number of thioether (sulfide) groups is 1. The molecule has 4 aromatic rings. The first-order chi connectivity index (χ1) is 16.6. The highest BCUT2D eigenvalue weighted by Crippen LogP contribution is 2.33. The zero-order chi connectivity index (χ0) is 23.9. The molecule has 174 valence electrons. The first kappa shape index (κ1) is 23.6. The summed E-state index contributed by atoms with van der Waals surface area (Å²) < 4.78 is 12.8. The quantitative estimate of drug-likeness (QED) is 0.222. The van der Waals surface area contributed by atoms with Crippen LogP contribution in [0.4, 0.5) is 0 Å². The summed E-state index contributed by atoms with van der Waals surface area (Å²) in [6.07, 6.45) is 0.815. The Morgan fingerprint density at radius 3 is 2.32 bits per heavy atom. The summed E-state index contributed by atoms with van der Waals surface area (Å²) in [6, 6.07) is 25.2. The monoisotopic (exact) mass is 473 g/mol. The zero-order valence-corrected chi connectivity index (χ0v) is 20.3. The topological polar surface area (TPSA) is 66.2 Å². The maximum Gasteiger partial charge on any atom is 0.192 e. The second-order valence-electron chi connectivity index (χ2n) is 7.75. The van der Waals surface area contributed by atoms with Crippen LogP contribution < -0.4 is 9.47 Å². The predicted octanol–water partition coefficient (Wildman–Crippen LogP) is 5.57. The minimum atomic E-state index is -0.335. The number of hydrogen-bond acceptors (Lipinski definition) is 6. The summed E-state index contributed by atoms with van der Waals surface area (Å²) in [4.78, 5) is 13.1. The molecular weight excluding hydrogens is 446 g/mol. The van der Waals surface area contributed by atoms with Gasteiger partial charge in [-0.15, -0.1) is 10.2 Å². The lowest BCUT2D eigenvalue weighted by Gasteiger charge is -2.14. The van der Waals surface area contributed by atoms with Gasteiger partial charge in [0.05, 0.1) is 25.0 Å². The van der Waals surface area contributed by atoms with E-state index in [-0.39, 0.29) is 11.0 Å². The summed E-state index contributed by atoms with van der Waals surface area (Å²) in [7, 11) is 3.26. The molecule has 34 heavy (non-hydrogen) atoms. The molecule has 0 aliphatic rings. The smallest absolute Gasteiger partial charge is 0.192 e. The van der Waals surface area contributed by atoms with Gasteiger partial charge in [-0.3, -0.25) is 4.79 Å². The van der Waals surface area contributed by atoms with E-state index in [4.69, 9.17) is 9.47 Å². The molecule has 1 heterocycles. The number of rotatable bonds is 10. The molecule has 0 saturated carbocycles. The first-order valence-corrected chi connectivity index (χ1v) is 11.9. The molecular formula is C27H27N3O3S. The largest absolute Gasteiger partial charge is 0.497 e. The molecule has 0 saturated heterocycles. The lowest BCUT2D eigenvalue weighted by Crippen LogP contribution is -2.15. The molecule has 1 atom stereocenters. The summed E-state index contributed by atoms with van der Waals surface area (Å²) in [6.45, 7) is 2.58. The number of hydrogen-bond donors (Lipinski definition) is 0. The molecule has 4 rings (SSSR count). The van der Waals surface area contributed by atoms with E-state index in [0.29, 0.717) is 17.3 Å². The van der Waals surface area contributed by atoms with E-state index in [1.54, 1.807) is 38.5 Å². The predicted molar refractivity (Wildman–Crippen MR) is 135 cm³/mol. The van der Waals surface area contributed by atoms with E-state index in [1.165, 1.54) is 17.3 Å². The van der Waals surface area contributed by atoms with Gasteiger partial charge in [-0.25, -0.2) is 0 Å². The molecule has 6 nitrogen and oxygen atoms in total. The molecule has 0 N–H and O–H groups in total. The Balaban J connectivity index is 1.62. The number of aryl methyl sites for hydroxylation is 1. The van der Waals surface area contributed by atoms with Crippen LogP contribution in [-0.2, 0) is 13.0 Å².